The first kappa shape index (κ1) is 69.5. The van der Waals surface area contributed by atoms with E-state index < -0.39 is 26.6 Å². The number of amides is 1. The van der Waals surface area contributed by atoms with Gasteiger partial charge in [0.1, 0.15) is 19.3 Å². The van der Waals surface area contributed by atoms with E-state index in [1.54, 1.807) is 0 Å². The lowest BCUT2D eigenvalue weighted by Crippen LogP contribution is -2.47. The molecular weight excluding hydrogens is 916 g/mol. The predicted octanol–water partition coefficient (Wildman–Crippen LogP) is 17.4. The average molecular weight is 1030 g/mol. The van der Waals surface area contributed by atoms with Crippen LogP contribution in [-0.4, -0.2) is 69.4 Å². The molecule has 0 bridgehead atoms. The van der Waals surface area contributed by atoms with Crippen LogP contribution in [0, 0.1) is 0 Å². The Morgan fingerprint density at radius 2 is 0.889 bits per heavy atom. The van der Waals surface area contributed by atoms with Crippen molar-refractivity contribution in [3.05, 3.63) is 72.9 Å². The third kappa shape index (κ3) is 52.3. The van der Waals surface area contributed by atoms with Crippen molar-refractivity contribution < 1.29 is 37.3 Å². The van der Waals surface area contributed by atoms with Crippen LogP contribution in [0.1, 0.15) is 258 Å². The summed E-state index contributed by atoms with van der Waals surface area (Å²) >= 11 is 0. The van der Waals surface area contributed by atoms with E-state index >= 15 is 0 Å². The molecule has 0 aromatic rings. The Bertz CT molecular complexity index is 1460. The molecule has 3 unspecified atom stereocenters. The van der Waals surface area contributed by atoms with Gasteiger partial charge in [-0.2, -0.15) is 0 Å². The number of allylic oxidation sites excluding steroid dienone is 11. The summed E-state index contributed by atoms with van der Waals surface area (Å²) in [6.45, 7) is 6.71. The molecule has 0 fully saturated rings. The molecule has 10 heteroatoms. The molecule has 0 aliphatic carbocycles. The van der Waals surface area contributed by atoms with Gasteiger partial charge in [0.25, 0.3) is 7.82 Å². The Kier molecular flexibility index (Phi) is 50.1. The number of hydrogen-bond acceptors (Lipinski definition) is 7. The van der Waals surface area contributed by atoms with Crippen LogP contribution in [0.5, 0.6) is 0 Å². The number of nitrogens with one attached hydrogen (secondary N) is 1. The maximum absolute atomic E-state index is 13.5. The van der Waals surface area contributed by atoms with E-state index in [0.29, 0.717) is 17.4 Å². The molecule has 0 rings (SSSR count). The van der Waals surface area contributed by atoms with Crippen LogP contribution in [0.4, 0.5) is 0 Å². The molecule has 3 atom stereocenters. The molecule has 1 N–H and O–H groups in total. The monoisotopic (exact) mass is 1030 g/mol. The van der Waals surface area contributed by atoms with E-state index in [2.05, 4.69) is 86.8 Å². The molecule has 0 aromatic carbocycles. The lowest BCUT2D eigenvalue weighted by Gasteiger charge is -2.30. The Labute approximate surface area is 444 Å². The van der Waals surface area contributed by atoms with Gasteiger partial charge in [-0.05, 0) is 76.7 Å². The van der Waals surface area contributed by atoms with E-state index in [4.69, 9.17) is 13.8 Å². The minimum atomic E-state index is -4.70. The number of likely N-dealkylation sites (N-methyl/N-ethyl adjacent to an activating group) is 1. The van der Waals surface area contributed by atoms with Crippen LogP contribution >= 0.6 is 7.82 Å². The number of hydrogen-bond donors (Lipinski definition) is 1. The second-order valence-corrected chi connectivity index (χ2v) is 22.5. The number of nitrogens with zero attached hydrogens (tertiary/aromatic N) is 1. The first-order valence-electron chi connectivity index (χ1n) is 29.7. The van der Waals surface area contributed by atoms with Crippen molar-refractivity contribution in [2.75, 3.05) is 40.9 Å². The summed E-state index contributed by atoms with van der Waals surface area (Å²) in [5, 5.41) is 3.02. The van der Waals surface area contributed by atoms with Crippen LogP contribution in [0.2, 0.25) is 0 Å². The maximum atomic E-state index is 13.5. The van der Waals surface area contributed by atoms with Gasteiger partial charge in [-0.3, -0.25) is 14.2 Å². The quantitative estimate of drug-likeness (QED) is 0.0212. The Morgan fingerprint density at radius 3 is 1.33 bits per heavy atom. The minimum Gasteiger partial charge on any atom is -0.756 e. The third-order valence-electron chi connectivity index (χ3n) is 12.9. The van der Waals surface area contributed by atoms with Crippen LogP contribution < -0.4 is 10.2 Å². The second kappa shape index (κ2) is 51.9. The maximum Gasteiger partial charge on any atom is 0.306 e. The first-order chi connectivity index (χ1) is 34.9. The zero-order valence-corrected chi connectivity index (χ0v) is 48.5. The summed E-state index contributed by atoms with van der Waals surface area (Å²) in [6.07, 6.45) is 65.8. The number of phosphoric acid groups is 1. The molecule has 72 heavy (non-hydrogen) atoms. The van der Waals surface area contributed by atoms with Gasteiger partial charge in [0.05, 0.1) is 33.8 Å². The fourth-order valence-electron chi connectivity index (χ4n) is 8.31. The molecule has 0 radical (unpaired) electrons. The van der Waals surface area contributed by atoms with Crippen molar-refractivity contribution in [1.29, 1.82) is 0 Å². The number of rotatable bonds is 53. The molecular formula is C62H113N2O7P. The zero-order chi connectivity index (χ0) is 52.9. The smallest absolute Gasteiger partial charge is 0.306 e. The highest BCUT2D eigenvalue weighted by molar-refractivity contribution is 7.45. The average Bonchev–Trinajstić information content (AvgIpc) is 3.34. The number of ether oxygens (including phenoxy) is 1. The summed E-state index contributed by atoms with van der Waals surface area (Å²) < 4.78 is 30.2. The summed E-state index contributed by atoms with van der Waals surface area (Å²) in [5.74, 6) is -0.553. The summed E-state index contributed by atoms with van der Waals surface area (Å²) in [4.78, 5) is 39.8. The Hall–Kier alpha value is -2.55. The Morgan fingerprint density at radius 1 is 0.500 bits per heavy atom. The highest BCUT2D eigenvalue weighted by Gasteiger charge is 2.27. The number of quaternary nitrogens is 1. The number of unbranched alkanes of at least 4 members (excludes halogenated alkanes) is 27. The van der Waals surface area contributed by atoms with Gasteiger partial charge in [-0.1, -0.05) is 242 Å². The molecule has 418 valence electrons. The van der Waals surface area contributed by atoms with Crippen molar-refractivity contribution in [1.82, 2.24) is 5.32 Å². The third-order valence-corrected chi connectivity index (χ3v) is 13.9. The molecule has 0 aliphatic rings. The van der Waals surface area contributed by atoms with Gasteiger partial charge in [-0.15, -0.1) is 0 Å². The highest BCUT2D eigenvalue weighted by atomic mass is 31.2. The van der Waals surface area contributed by atoms with E-state index in [0.717, 1.165) is 103 Å². The van der Waals surface area contributed by atoms with Crippen molar-refractivity contribution in [2.24, 2.45) is 0 Å². The van der Waals surface area contributed by atoms with Gasteiger partial charge < -0.3 is 28.5 Å². The van der Waals surface area contributed by atoms with Gasteiger partial charge in [-0.25, -0.2) is 0 Å². The largest absolute Gasteiger partial charge is 0.756 e. The van der Waals surface area contributed by atoms with Gasteiger partial charge in [0.15, 0.2) is 0 Å². The Balaban J connectivity index is 5.21. The molecule has 0 saturated carbocycles. The fraction of sp³-hybridized carbons (Fsp3) is 0.774. The second-order valence-electron chi connectivity index (χ2n) is 21.1. The summed E-state index contributed by atoms with van der Waals surface area (Å²) in [7, 11) is 1.17. The van der Waals surface area contributed by atoms with E-state index in [1.807, 2.05) is 33.3 Å². The number of esters is 1. The topological polar surface area (TPSA) is 114 Å². The molecule has 0 spiro atoms. The van der Waals surface area contributed by atoms with Gasteiger partial charge in [0, 0.05) is 12.8 Å². The molecule has 0 heterocycles. The molecule has 0 aliphatic heterocycles. The summed E-state index contributed by atoms with van der Waals surface area (Å²) in [5.41, 5.74) is 0. The van der Waals surface area contributed by atoms with E-state index in [9.17, 15) is 19.0 Å². The van der Waals surface area contributed by atoms with Gasteiger partial charge in [0.2, 0.25) is 5.91 Å². The zero-order valence-electron chi connectivity index (χ0n) is 47.6. The lowest BCUT2D eigenvalue weighted by molar-refractivity contribution is -0.870. The van der Waals surface area contributed by atoms with Crippen molar-refractivity contribution in [3.8, 4) is 0 Å². The van der Waals surface area contributed by atoms with Crippen molar-refractivity contribution in [2.45, 2.75) is 270 Å². The molecule has 0 saturated heterocycles. The van der Waals surface area contributed by atoms with Crippen LogP contribution in [-0.2, 0) is 27.9 Å². The first-order valence-corrected chi connectivity index (χ1v) is 31.2. The van der Waals surface area contributed by atoms with Crippen LogP contribution in [0.15, 0.2) is 72.9 Å². The SMILES string of the molecule is CC/C=C\C/C=C\C/C=C\C/C=C\C/C=C\CCCCCCCCCC(=O)NC(COP(=O)([O-])OCC[N+](C)(C)C)C(/C=C\CCCCCCCCCCCC)OC(=O)CCCCCCCCCCCCC. The highest BCUT2D eigenvalue weighted by Crippen LogP contribution is 2.38. The number of carbonyl (C=O) groups is 2. The van der Waals surface area contributed by atoms with Crippen molar-refractivity contribution in [3.63, 3.8) is 0 Å². The van der Waals surface area contributed by atoms with Crippen molar-refractivity contribution >= 4 is 19.7 Å². The fourth-order valence-corrected chi connectivity index (χ4v) is 9.04. The molecule has 1 amide bonds. The minimum absolute atomic E-state index is 0.0261. The van der Waals surface area contributed by atoms with Crippen LogP contribution in [0.25, 0.3) is 0 Å². The normalized spacial score (nSPS) is 14.3. The van der Waals surface area contributed by atoms with Crippen LogP contribution in [0.3, 0.4) is 0 Å². The molecule has 0 aromatic heterocycles. The number of phosphoric ester groups is 1. The standard InChI is InChI=1S/C62H113N2O7P/c1-7-10-13-16-19-22-25-27-28-29-30-31-32-33-34-35-36-37-40-42-45-48-51-54-61(65)63-59(58-70-72(67,68)69-57-56-64(4,5)6)60(53-50-47-44-41-39-26-23-20-17-14-11-8-2)71-62(66)55-52-49-46-43-38-24-21-18-15-12-9-3/h10,13,19,22,27-28,30-31,33-34,50,53,59-60H,7-9,11-12,14-18,20-21,23-26,29,32,35-49,51-52,54-58H2,1-6H3,(H-,63,65,67,68)/b13-10-,22-19-,28-27-,31-30-,34-33-,53-50-. The molecule has 9 nitrogen and oxygen atoms in total. The summed E-state index contributed by atoms with van der Waals surface area (Å²) in [6, 6.07) is -0.894. The predicted molar refractivity (Wildman–Crippen MR) is 307 cm³/mol. The number of carbonyl (C=O) groups excluding carboxylic acids is 2. The lowest BCUT2D eigenvalue weighted by atomic mass is 10.0. The van der Waals surface area contributed by atoms with E-state index in [-0.39, 0.29) is 24.9 Å². The van der Waals surface area contributed by atoms with Gasteiger partial charge >= 0.3 is 5.97 Å². The van der Waals surface area contributed by atoms with E-state index in [1.165, 1.54) is 122 Å².